The van der Waals surface area contributed by atoms with Gasteiger partial charge in [0.2, 0.25) is 6.10 Å². The fourth-order valence-electron chi connectivity index (χ4n) is 2.33. The molecule has 1 atom stereocenters. The van der Waals surface area contributed by atoms with E-state index in [1.54, 1.807) is 36.4 Å². The number of ether oxygens (including phenoxy) is 1. The molecule has 0 aliphatic rings. The van der Waals surface area contributed by atoms with Crippen molar-refractivity contribution in [1.82, 2.24) is 0 Å². The molecule has 0 heterocycles. The van der Waals surface area contributed by atoms with Crippen molar-refractivity contribution in [1.29, 1.82) is 0 Å². The molecular weight excluding hydrogens is 280 g/mol. The van der Waals surface area contributed by atoms with Crippen molar-refractivity contribution in [3.05, 3.63) is 65.2 Å². The molecule has 0 saturated heterocycles. The van der Waals surface area contributed by atoms with E-state index < -0.39 is 12.1 Å². The summed E-state index contributed by atoms with van der Waals surface area (Å²) in [7, 11) is 0. The second-order valence-corrected chi connectivity index (χ2v) is 5.10. The molecule has 0 fully saturated rings. The molecule has 4 nitrogen and oxygen atoms in total. The summed E-state index contributed by atoms with van der Waals surface area (Å²) < 4.78 is 5.76. The van der Waals surface area contributed by atoms with Crippen LogP contribution in [0.4, 0.5) is 0 Å². The Labute approximate surface area is 130 Å². The molecular formula is C18H20O4. The van der Waals surface area contributed by atoms with Crippen LogP contribution in [0.25, 0.3) is 0 Å². The number of aliphatic carboxylic acids is 1. The zero-order valence-corrected chi connectivity index (χ0v) is 12.5. The van der Waals surface area contributed by atoms with Crippen LogP contribution in [0.15, 0.2) is 48.5 Å². The van der Waals surface area contributed by atoms with Crippen molar-refractivity contribution in [3.8, 4) is 5.75 Å². The average molecular weight is 300 g/mol. The first-order valence-corrected chi connectivity index (χ1v) is 7.32. The van der Waals surface area contributed by atoms with Crippen LogP contribution < -0.4 is 4.74 Å². The van der Waals surface area contributed by atoms with Crippen molar-refractivity contribution in [2.45, 2.75) is 32.5 Å². The van der Waals surface area contributed by atoms with Crippen molar-refractivity contribution < 1.29 is 19.7 Å². The Morgan fingerprint density at radius 3 is 2.50 bits per heavy atom. The molecule has 0 aromatic heterocycles. The molecule has 2 N–H and O–H groups in total. The minimum atomic E-state index is -1.04. The predicted molar refractivity (Wildman–Crippen MR) is 83.8 cm³/mol. The highest BCUT2D eigenvalue weighted by Gasteiger charge is 2.22. The van der Waals surface area contributed by atoms with Gasteiger partial charge in [0.05, 0.1) is 6.61 Å². The highest BCUT2D eigenvalue weighted by atomic mass is 16.5. The summed E-state index contributed by atoms with van der Waals surface area (Å²) in [5.74, 6) is -0.477. The third-order valence-electron chi connectivity index (χ3n) is 3.40. The Balaban J connectivity index is 2.32. The van der Waals surface area contributed by atoms with Crippen molar-refractivity contribution >= 4 is 5.97 Å². The Bertz CT molecular complexity index is 622. The van der Waals surface area contributed by atoms with E-state index in [4.69, 9.17) is 4.74 Å². The quantitative estimate of drug-likeness (QED) is 0.823. The number of hydrogen-bond acceptors (Lipinski definition) is 3. The van der Waals surface area contributed by atoms with Gasteiger partial charge in [-0.1, -0.05) is 49.7 Å². The van der Waals surface area contributed by atoms with Gasteiger partial charge >= 0.3 is 5.97 Å². The van der Waals surface area contributed by atoms with E-state index in [-0.39, 0.29) is 6.61 Å². The summed E-state index contributed by atoms with van der Waals surface area (Å²) in [5.41, 5.74) is 2.31. The molecule has 4 heteroatoms. The zero-order chi connectivity index (χ0) is 15.9. The summed E-state index contributed by atoms with van der Waals surface area (Å²) in [5, 5.41) is 18.7. The van der Waals surface area contributed by atoms with Crippen LogP contribution in [0.3, 0.4) is 0 Å². The zero-order valence-electron chi connectivity index (χ0n) is 12.5. The maximum absolute atomic E-state index is 11.5. The molecule has 0 amide bonds. The molecule has 22 heavy (non-hydrogen) atoms. The van der Waals surface area contributed by atoms with Gasteiger partial charge in [-0.2, -0.15) is 0 Å². The number of hydrogen-bond donors (Lipinski definition) is 2. The Morgan fingerprint density at radius 2 is 1.91 bits per heavy atom. The summed E-state index contributed by atoms with van der Waals surface area (Å²) in [6.45, 7) is 2.00. The topological polar surface area (TPSA) is 66.8 Å². The molecule has 0 bridgehead atoms. The van der Waals surface area contributed by atoms with E-state index >= 15 is 0 Å². The lowest BCUT2D eigenvalue weighted by molar-refractivity contribution is -0.145. The summed E-state index contributed by atoms with van der Waals surface area (Å²) in [6.07, 6.45) is 0.635. The smallest absolute Gasteiger partial charge is 0.349 e. The summed E-state index contributed by atoms with van der Waals surface area (Å²) in [6, 6.07) is 14.2. The monoisotopic (exact) mass is 300 g/mol. The highest BCUT2D eigenvalue weighted by molar-refractivity contribution is 5.75. The summed E-state index contributed by atoms with van der Waals surface area (Å²) >= 11 is 0. The van der Waals surface area contributed by atoms with Crippen LogP contribution in [0, 0.1) is 0 Å². The molecule has 2 aromatic carbocycles. The Kier molecular flexibility index (Phi) is 5.55. The first-order chi connectivity index (χ1) is 10.7. The number of carboxylic acids is 1. The standard InChI is InChI=1S/C18H20O4/c1-2-6-15-11-13(12-19)9-10-16(15)22-17(18(20)21)14-7-4-3-5-8-14/h3-5,7-11,17,19H,2,6,12H2,1H3,(H,20,21). The third-order valence-corrected chi connectivity index (χ3v) is 3.40. The SMILES string of the molecule is CCCc1cc(CO)ccc1OC(C(=O)O)c1ccccc1. The average Bonchev–Trinajstić information content (AvgIpc) is 2.54. The van der Waals surface area contributed by atoms with Crippen LogP contribution in [-0.2, 0) is 17.8 Å². The molecule has 1 unspecified atom stereocenters. The van der Waals surface area contributed by atoms with E-state index in [1.165, 1.54) is 0 Å². The Hall–Kier alpha value is -2.33. The molecule has 0 aliphatic carbocycles. The van der Waals surface area contributed by atoms with E-state index in [9.17, 15) is 15.0 Å². The van der Waals surface area contributed by atoms with Crippen LogP contribution in [0.1, 0.15) is 36.1 Å². The number of aliphatic hydroxyl groups excluding tert-OH is 1. The molecule has 2 rings (SSSR count). The predicted octanol–water partition coefficient (Wildman–Crippen LogP) is 3.34. The fourth-order valence-corrected chi connectivity index (χ4v) is 2.33. The number of carbonyl (C=O) groups is 1. The summed E-state index contributed by atoms with van der Waals surface area (Å²) in [4.78, 5) is 11.5. The van der Waals surface area contributed by atoms with Gasteiger partial charge in [-0.25, -0.2) is 4.79 Å². The second kappa shape index (κ2) is 7.61. The highest BCUT2D eigenvalue weighted by Crippen LogP contribution is 2.28. The fraction of sp³-hybridized carbons (Fsp3) is 0.278. The second-order valence-electron chi connectivity index (χ2n) is 5.10. The third kappa shape index (κ3) is 3.86. The van der Waals surface area contributed by atoms with Crippen molar-refractivity contribution in [2.24, 2.45) is 0 Å². The first kappa shape index (κ1) is 16.0. The van der Waals surface area contributed by atoms with Gasteiger partial charge in [0.15, 0.2) is 0 Å². The van der Waals surface area contributed by atoms with E-state index in [1.807, 2.05) is 19.1 Å². The minimum Gasteiger partial charge on any atom is -0.478 e. The van der Waals surface area contributed by atoms with Gasteiger partial charge in [0.1, 0.15) is 5.75 Å². The molecule has 0 saturated carbocycles. The van der Waals surface area contributed by atoms with Crippen LogP contribution in [-0.4, -0.2) is 16.2 Å². The molecule has 116 valence electrons. The van der Waals surface area contributed by atoms with Crippen molar-refractivity contribution in [2.75, 3.05) is 0 Å². The van der Waals surface area contributed by atoms with Crippen LogP contribution >= 0.6 is 0 Å². The van der Waals surface area contributed by atoms with Gasteiger partial charge in [0, 0.05) is 5.56 Å². The maximum Gasteiger partial charge on any atom is 0.349 e. The van der Waals surface area contributed by atoms with Gasteiger partial charge in [-0.15, -0.1) is 0 Å². The van der Waals surface area contributed by atoms with Gasteiger partial charge in [-0.3, -0.25) is 0 Å². The first-order valence-electron chi connectivity index (χ1n) is 7.32. The van der Waals surface area contributed by atoms with Gasteiger partial charge < -0.3 is 14.9 Å². The minimum absolute atomic E-state index is 0.0436. The van der Waals surface area contributed by atoms with Crippen molar-refractivity contribution in [3.63, 3.8) is 0 Å². The normalized spacial score (nSPS) is 11.9. The van der Waals surface area contributed by atoms with E-state index in [2.05, 4.69) is 0 Å². The lowest BCUT2D eigenvalue weighted by Crippen LogP contribution is -2.18. The number of aliphatic hydroxyl groups is 1. The molecule has 0 radical (unpaired) electrons. The Morgan fingerprint density at radius 1 is 1.18 bits per heavy atom. The van der Waals surface area contributed by atoms with E-state index in [0.717, 1.165) is 24.0 Å². The van der Waals surface area contributed by atoms with E-state index in [0.29, 0.717) is 11.3 Å². The largest absolute Gasteiger partial charge is 0.478 e. The lowest BCUT2D eigenvalue weighted by atomic mass is 10.0. The molecule has 0 spiro atoms. The lowest BCUT2D eigenvalue weighted by Gasteiger charge is -2.18. The van der Waals surface area contributed by atoms with Crippen LogP contribution in [0.5, 0.6) is 5.75 Å². The van der Waals surface area contributed by atoms with Gasteiger partial charge in [0.25, 0.3) is 0 Å². The number of benzene rings is 2. The van der Waals surface area contributed by atoms with Crippen LogP contribution in [0.2, 0.25) is 0 Å². The number of rotatable bonds is 7. The molecule has 0 aliphatic heterocycles. The van der Waals surface area contributed by atoms with Gasteiger partial charge in [-0.05, 0) is 29.7 Å². The molecule has 2 aromatic rings. The maximum atomic E-state index is 11.5. The number of carboxylic acid groups (broad SMARTS) is 1. The number of aryl methyl sites for hydroxylation is 1.